The number of hydrogen-bond acceptors (Lipinski definition) is 5. The van der Waals surface area contributed by atoms with Crippen LogP contribution in [0.2, 0.25) is 0 Å². The normalized spacial score (nSPS) is 11.2. The summed E-state index contributed by atoms with van der Waals surface area (Å²) < 4.78 is 23.5. The van der Waals surface area contributed by atoms with Gasteiger partial charge < -0.3 is 20.1 Å². The van der Waals surface area contributed by atoms with Crippen molar-refractivity contribution in [3.63, 3.8) is 0 Å². The third kappa shape index (κ3) is 6.08. The van der Waals surface area contributed by atoms with E-state index in [0.717, 1.165) is 6.07 Å². The molecule has 1 unspecified atom stereocenters. The van der Waals surface area contributed by atoms with Gasteiger partial charge in [0.2, 0.25) is 0 Å². The lowest BCUT2D eigenvalue weighted by molar-refractivity contribution is -0.152. The quantitative estimate of drug-likeness (QED) is 0.678. The first-order valence-electron chi connectivity index (χ1n) is 8.66. The van der Waals surface area contributed by atoms with Crippen molar-refractivity contribution in [3.8, 4) is 5.75 Å². The van der Waals surface area contributed by atoms with Gasteiger partial charge in [-0.3, -0.25) is 14.4 Å². The van der Waals surface area contributed by atoms with Crippen LogP contribution in [0.15, 0.2) is 48.5 Å². The molecule has 0 saturated heterocycles. The number of carbonyl (C=O) groups excluding carboxylic acids is 3. The molecule has 2 aromatic carbocycles. The number of amides is 2. The first-order valence-corrected chi connectivity index (χ1v) is 8.66. The zero-order valence-electron chi connectivity index (χ0n) is 15.5. The van der Waals surface area contributed by atoms with Gasteiger partial charge in [-0.15, -0.1) is 0 Å². The molecule has 0 heterocycles. The Labute approximate surface area is 161 Å². The summed E-state index contributed by atoms with van der Waals surface area (Å²) in [5.74, 6) is -2.01. The first-order chi connectivity index (χ1) is 13.4. The van der Waals surface area contributed by atoms with Crippen LogP contribution in [-0.2, 0) is 14.3 Å². The van der Waals surface area contributed by atoms with Crippen LogP contribution in [-0.4, -0.2) is 37.0 Å². The van der Waals surface area contributed by atoms with Crippen molar-refractivity contribution in [2.45, 2.75) is 20.0 Å². The molecule has 0 saturated carbocycles. The molecule has 2 amide bonds. The molecule has 0 fully saturated rings. The van der Waals surface area contributed by atoms with E-state index in [4.69, 9.17) is 9.47 Å². The monoisotopic (exact) mass is 388 g/mol. The molecule has 148 valence electrons. The molecule has 2 N–H and O–H groups in total. The lowest BCUT2D eigenvalue weighted by Crippen LogP contribution is -2.36. The van der Waals surface area contributed by atoms with Gasteiger partial charge in [-0.1, -0.05) is 18.2 Å². The fourth-order valence-electron chi connectivity index (χ4n) is 2.29. The number of nitrogens with one attached hydrogen (secondary N) is 2. The number of ether oxygens (including phenoxy) is 2. The Morgan fingerprint density at radius 2 is 1.86 bits per heavy atom. The van der Waals surface area contributed by atoms with Crippen molar-refractivity contribution in [2.75, 3.05) is 18.5 Å². The second kappa shape index (κ2) is 10.1. The minimum Gasteiger partial charge on any atom is -0.493 e. The third-order valence-corrected chi connectivity index (χ3v) is 3.59. The number of anilines is 1. The Morgan fingerprint density at radius 3 is 2.57 bits per heavy atom. The maximum absolute atomic E-state index is 13.1. The van der Waals surface area contributed by atoms with Gasteiger partial charge >= 0.3 is 5.97 Å². The van der Waals surface area contributed by atoms with E-state index in [1.54, 1.807) is 31.2 Å². The smallest absolute Gasteiger partial charge is 0.326 e. The van der Waals surface area contributed by atoms with E-state index in [9.17, 15) is 18.8 Å². The van der Waals surface area contributed by atoms with Crippen molar-refractivity contribution >= 4 is 23.5 Å². The highest BCUT2D eigenvalue weighted by molar-refractivity contribution is 5.99. The summed E-state index contributed by atoms with van der Waals surface area (Å²) in [7, 11) is 0. The molecule has 0 radical (unpaired) electrons. The van der Waals surface area contributed by atoms with E-state index in [2.05, 4.69) is 10.6 Å². The van der Waals surface area contributed by atoms with Crippen LogP contribution in [0.4, 0.5) is 10.1 Å². The number of halogens is 1. The highest BCUT2D eigenvalue weighted by atomic mass is 19.1. The molecule has 28 heavy (non-hydrogen) atoms. The van der Waals surface area contributed by atoms with Crippen LogP contribution < -0.4 is 15.4 Å². The van der Waals surface area contributed by atoms with Gasteiger partial charge in [0.15, 0.2) is 6.10 Å². The van der Waals surface area contributed by atoms with Crippen LogP contribution in [0.5, 0.6) is 5.75 Å². The van der Waals surface area contributed by atoms with Crippen LogP contribution in [0.1, 0.15) is 24.2 Å². The van der Waals surface area contributed by atoms with Gasteiger partial charge in [0.25, 0.3) is 11.8 Å². The van der Waals surface area contributed by atoms with E-state index in [0.29, 0.717) is 12.4 Å². The van der Waals surface area contributed by atoms with Crippen molar-refractivity contribution in [1.29, 1.82) is 0 Å². The average Bonchev–Trinajstić information content (AvgIpc) is 2.66. The van der Waals surface area contributed by atoms with Gasteiger partial charge in [-0.2, -0.15) is 0 Å². The highest BCUT2D eigenvalue weighted by Gasteiger charge is 2.19. The Bertz CT molecular complexity index is 856. The van der Waals surface area contributed by atoms with Crippen molar-refractivity contribution in [2.24, 2.45) is 0 Å². The summed E-state index contributed by atoms with van der Waals surface area (Å²) in [6.45, 7) is 3.14. The standard InChI is InChI=1S/C20H21FN2O5/c1-3-27-17-10-5-4-9-16(17)20(26)22-12-18(24)28-13(2)19(25)23-15-8-6-7-14(21)11-15/h4-11,13H,3,12H2,1-2H3,(H,22,26)(H,23,25). The van der Waals surface area contributed by atoms with Crippen molar-refractivity contribution in [3.05, 3.63) is 59.9 Å². The molecule has 2 aromatic rings. The van der Waals surface area contributed by atoms with Crippen LogP contribution >= 0.6 is 0 Å². The highest BCUT2D eigenvalue weighted by Crippen LogP contribution is 2.17. The van der Waals surface area contributed by atoms with Crippen LogP contribution in [0.25, 0.3) is 0 Å². The molecule has 0 spiro atoms. The lowest BCUT2D eigenvalue weighted by atomic mass is 10.2. The molecular weight excluding hydrogens is 367 g/mol. The summed E-state index contributed by atoms with van der Waals surface area (Å²) in [6.07, 6.45) is -1.12. The molecule has 0 aromatic heterocycles. The first kappa shape index (κ1) is 20.9. The SMILES string of the molecule is CCOc1ccccc1C(=O)NCC(=O)OC(C)C(=O)Nc1cccc(F)c1. The number of esters is 1. The summed E-state index contributed by atoms with van der Waals surface area (Å²) in [6, 6.07) is 12.0. The lowest BCUT2D eigenvalue weighted by Gasteiger charge is -2.14. The minimum absolute atomic E-state index is 0.244. The second-order valence-electron chi connectivity index (χ2n) is 5.74. The van der Waals surface area contributed by atoms with E-state index < -0.39 is 36.2 Å². The van der Waals surface area contributed by atoms with Gasteiger partial charge in [0.05, 0.1) is 12.2 Å². The number of carbonyl (C=O) groups is 3. The van der Waals surface area contributed by atoms with Gasteiger partial charge in [-0.25, -0.2) is 4.39 Å². The molecule has 0 aliphatic heterocycles. The third-order valence-electron chi connectivity index (χ3n) is 3.59. The Kier molecular flexibility index (Phi) is 7.50. The molecule has 8 heteroatoms. The van der Waals surface area contributed by atoms with E-state index in [-0.39, 0.29) is 11.3 Å². The Morgan fingerprint density at radius 1 is 1.11 bits per heavy atom. The zero-order valence-corrected chi connectivity index (χ0v) is 15.5. The summed E-state index contributed by atoms with van der Waals surface area (Å²) in [5, 5.41) is 4.86. The summed E-state index contributed by atoms with van der Waals surface area (Å²) in [5.41, 5.74) is 0.530. The van der Waals surface area contributed by atoms with Gasteiger partial charge in [0.1, 0.15) is 18.1 Å². The molecular formula is C20H21FN2O5. The van der Waals surface area contributed by atoms with Gasteiger partial charge in [0, 0.05) is 5.69 Å². The largest absolute Gasteiger partial charge is 0.493 e. The number of rotatable bonds is 8. The molecule has 2 rings (SSSR count). The zero-order chi connectivity index (χ0) is 20.5. The topological polar surface area (TPSA) is 93.7 Å². The Hall–Kier alpha value is -3.42. The number of hydrogen-bond donors (Lipinski definition) is 2. The summed E-state index contributed by atoms with van der Waals surface area (Å²) in [4.78, 5) is 36.1. The number of benzene rings is 2. The fourth-order valence-corrected chi connectivity index (χ4v) is 2.29. The van der Waals surface area contributed by atoms with Crippen LogP contribution in [0.3, 0.4) is 0 Å². The predicted molar refractivity (Wildman–Crippen MR) is 101 cm³/mol. The predicted octanol–water partition coefficient (Wildman–Crippen LogP) is 2.52. The van der Waals surface area contributed by atoms with E-state index >= 15 is 0 Å². The summed E-state index contributed by atoms with van der Waals surface area (Å²) >= 11 is 0. The second-order valence-corrected chi connectivity index (χ2v) is 5.74. The Balaban J connectivity index is 1.84. The van der Waals surface area contributed by atoms with E-state index in [1.165, 1.54) is 25.1 Å². The molecule has 0 aliphatic carbocycles. The maximum atomic E-state index is 13.1. The fraction of sp³-hybridized carbons (Fsp3) is 0.250. The molecule has 0 bridgehead atoms. The molecule has 1 atom stereocenters. The van der Waals surface area contributed by atoms with E-state index in [1.807, 2.05) is 0 Å². The molecule has 0 aliphatic rings. The average molecular weight is 388 g/mol. The maximum Gasteiger partial charge on any atom is 0.326 e. The van der Waals surface area contributed by atoms with Crippen LogP contribution in [0, 0.1) is 5.82 Å². The van der Waals surface area contributed by atoms with Crippen molar-refractivity contribution < 1.29 is 28.2 Å². The van der Waals surface area contributed by atoms with Crippen molar-refractivity contribution in [1.82, 2.24) is 5.32 Å². The molecule has 7 nitrogen and oxygen atoms in total. The minimum atomic E-state index is -1.12. The number of para-hydroxylation sites is 1. The van der Waals surface area contributed by atoms with Gasteiger partial charge in [-0.05, 0) is 44.2 Å².